The number of carbonyl (C=O) groups is 4. The Kier molecular flexibility index (Phi) is 16.6. The van der Waals surface area contributed by atoms with Crippen molar-refractivity contribution < 1.29 is 29.0 Å². The number of aryl methyl sites for hydroxylation is 2. The van der Waals surface area contributed by atoms with Crippen molar-refractivity contribution in [1.82, 2.24) is 20.2 Å². The van der Waals surface area contributed by atoms with Gasteiger partial charge in [-0.25, -0.2) is 9.78 Å². The van der Waals surface area contributed by atoms with Gasteiger partial charge in [-0.05, 0) is 76.7 Å². The van der Waals surface area contributed by atoms with Crippen LogP contribution in [0.2, 0.25) is 0 Å². The van der Waals surface area contributed by atoms with Crippen LogP contribution in [0.25, 0.3) is 0 Å². The molecule has 1 heterocycles. The summed E-state index contributed by atoms with van der Waals surface area (Å²) in [4.78, 5) is 52.5. The molecule has 0 radical (unpaired) electrons. The fraction of sp³-hybridized carbons (Fsp3) is 0.541. The molecule has 2 amide bonds. The Hall–Kier alpha value is -4.25. The van der Waals surface area contributed by atoms with Crippen LogP contribution in [0.1, 0.15) is 82.9 Å². The molecule has 1 aliphatic rings. The van der Waals surface area contributed by atoms with E-state index >= 15 is 0 Å². The Balaban J connectivity index is 1.52. The van der Waals surface area contributed by atoms with Crippen molar-refractivity contribution in [3.05, 3.63) is 78.4 Å². The minimum absolute atomic E-state index is 0.00327. The molecule has 3 rings (SSSR count). The number of amides is 2. The van der Waals surface area contributed by atoms with Crippen LogP contribution < -0.4 is 16.4 Å². The minimum Gasteiger partial charge on any atom is -0.480 e. The van der Waals surface area contributed by atoms with Crippen LogP contribution in [-0.4, -0.2) is 63.1 Å². The van der Waals surface area contributed by atoms with E-state index < -0.39 is 24.0 Å². The Morgan fingerprint density at radius 1 is 1.08 bits per heavy atom. The quantitative estimate of drug-likeness (QED) is 0.0861. The first-order valence-corrected chi connectivity index (χ1v) is 17.3. The number of aliphatic carboxylic acids is 1. The van der Waals surface area contributed by atoms with Crippen molar-refractivity contribution in [2.24, 2.45) is 17.6 Å². The molecule has 0 saturated heterocycles. The molecule has 0 aliphatic heterocycles. The maximum Gasteiger partial charge on any atom is 0.326 e. The van der Waals surface area contributed by atoms with Gasteiger partial charge in [-0.1, -0.05) is 54.6 Å². The SMILES string of the molecule is CCNC(=O)CCC/C=C\C[C@H]1CC[C@@H](OC(=O)CCn2cnc(CC(NC(=O)C(C)N)C(=O)O)c2)[C@@H]1/C=C/CCCc1ccccc1. The van der Waals surface area contributed by atoms with Crippen molar-refractivity contribution in [1.29, 1.82) is 0 Å². The third-order valence-electron chi connectivity index (χ3n) is 8.57. The van der Waals surface area contributed by atoms with Crippen LogP contribution in [0, 0.1) is 11.8 Å². The summed E-state index contributed by atoms with van der Waals surface area (Å²) in [5, 5.41) is 14.7. The second-order valence-electron chi connectivity index (χ2n) is 12.5. The lowest BCUT2D eigenvalue weighted by molar-refractivity contribution is -0.150. The molecule has 1 fully saturated rings. The van der Waals surface area contributed by atoms with Gasteiger partial charge in [0.05, 0.1) is 24.5 Å². The van der Waals surface area contributed by atoms with Crippen molar-refractivity contribution in [3.63, 3.8) is 0 Å². The number of allylic oxidation sites excluding steroid dienone is 3. The lowest BCUT2D eigenvalue weighted by Gasteiger charge is -2.22. The summed E-state index contributed by atoms with van der Waals surface area (Å²) in [6.45, 7) is 4.39. The van der Waals surface area contributed by atoms with E-state index in [-0.39, 0.29) is 36.7 Å². The molecular formula is C37H53N5O6. The summed E-state index contributed by atoms with van der Waals surface area (Å²) in [5.74, 6) is -1.43. The Morgan fingerprint density at radius 3 is 2.58 bits per heavy atom. The van der Waals surface area contributed by atoms with E-state index in [0.29, 0.717) is 31.1 Å². The van der Waals surface area contributed by atoms with Gasteiger partial charge in [-0.3, -0.25) is 14.4 Å². The fourth-order valence-corrected chi connectivity index (χ4v) is 5.93. The first kappa shape index (κ1) is 38.2. The molecule has 1 aromatic heterocycles. The van der Waals surface area contributed by atoms with Crippen molar-refractivity contribution in [2.75, 3.05) is 6.54 Å². The normalized spacial score (nSPS) is 18.9. The van der Waals surface area contributed by atoms with Crippen LogP contribution >= 0.6 is 0 Å². The number of ether oxygens (including phenoxy) is 1. The molecule has 262 valence electrons. The summed E-state index contributed by atoms with van der Waals surface area (Å²) in [6.07, 6.45) is 19.9. The lowest BCUT2D eigenvalue weighted by atomic mass is 9.90. The number of aromatic nitrogens is 2. The number of benzene rings is 1. The number of nitrogens with zero attached hydrogens (tertiary/aromatic N) is 2. The molecular weight excluding hydrogens is 610 g/mol. The van der Waals surface area contributed by atoms with Gasteiger partial charge in [0.2, 0.25) is 11.8 Å². The van der Waals surface area contributed by atoms with E-state index in [1.165, 1.54) is 12.5 Å². The molecule has 0 spiro atoms. The fourth-order valence-electron chi connectivity index (χ4n) is 5.93. The van der Waals surface area contributed by atoms with E-state index in [2.05, 4.69) is 64.2 Å². The standard InChI is InChI=1S/C37H53N5O6/c1-3-39-34(43)19-13-5-4-11-17-29-20-21-33(31(29)18-12-7-10-16-28-14-8-6-9-15-28)48-35(44)22-23-42-25-30(40-26-42)24-32(37(46)47)41-36(45)27(2)38/h4,6,8-9,11-12,14-15,18,25-27,29,31-33H,3,5,7,10,13,16-17,19-24,38H2,1-2H3,(H,39,43)(H,41,45)(H,46,47)/b11-4-,18-12+/t27?,29-,31+,32?,33+/m0/s1. The highest BCUT2D eigenvalue weighted by Crippen LogP contribution is 2.38. The number of nitrogens with one attached hydrogen (secondary N) is 2. The first-order valence-electron chi connectivity index (χ1n) is 17.3. The number of carboxylic acid groups (broad SMARTS) is 1. The predicted octanol–water partition coefficient (Wildman–Crippen LogP) is 4.50. The van der Waals surface area contributed by atoms with Gasteiger partial charge in [0.25, 0.3) is 0 Å². The van der Waals surface area contributed by atoms with Crippen LogP contribution in [0.5, 0.6) is 0 Å². The van der Waals surface area contributed by atoms with Crippen LogP contribution in [0.15, 0.2) is 67.2 Å². The zero-order valence-corrected chi connectivity index (χ0v) is 28.4. The Labute approximate surface area is 284 Å². The molecule has 5 atom stereocenters. The van der Waals surface area contributed by atoms with Crippen LogP contribution in [0.4, 0.5) is 0 Å². The zero-order chi connectivity index (χ0) is 34.7. The monoisotopic (exact) mass is 663 g/mol. The summed E-state index contributed by atoms with van der Waals surface area (Å²) >= 11 is 0. The average Bonchev–Trinajstić information content (AvgIpc) is 3.67. The van der Waals surface area contributed by atoms with E-state index in [1.54, 1.807) is 17.1 Å². The Bertz CT molecular complexity index is 1350. The highest BCUT2D eigenvalue weighted by molar-refractivity contribution is 5.86. The summed E-state index contributed by atoms with van der Waals surface area (Å²) in [7, 11) is 0. The highest BCUT2D eigenvalue weighted by atomic mass is 16.5. The maximum absolute atomic E-state index is 13.0. The summed E-state index contributed by atoms with van der Waals surface area (Å²) in [6, 6.07) is 8.47. The van der Waals surface area contributed by atoms with Crippen LogP contribution in [0.3, 0.4) is 0 Å². The molecule has 11 heteroatoms. The van der Waals surface area contributed by atoms with Crippen LogP contribution in [-0.2, 0) is 43.3 Å². The van der Waals surface area contributed by atoms with Gasteiger partial charge in [0.15, 0.2) is 0 Å². The number of esters is 1. The van der Waals surface area contributed by atoms with E-state index in [9.17, 15) is 24.3 Å². The van der Waals surface area contributed by atoms with Gasteiger partial charge < -0.3 is 30.8 Å². The summed E-state index contributed by atoms with van der Waals surface area (Å²) < 4.78 is 7.76. The van der Waals surface area contributed by atoms with Gasteiger partial charge in [-0.2, -0.15) is 0 Å². The number of hydrogen-bond acceptors (Lipinski definition) is 7. The summed E-state index contributed by atoms with van der Waals surface area (Å²) in [5.41, 5.74) is 7.36. The van der Waals surface area contributed by atoms with Gasteiger partial charge in [-0.15, -0.1) is 0 Å². The minimum atomic E-state index is -1.18. The van der Waals surface area contributed by atoms with Gasteiger partial charge in [0.1, 0.15) is 12.1 Å². The first-order chi connectivity index (χ1) is 23.2. The topological polar surface area (TPSA) is 166 Å². The molecule has 0 bridgehead atoms. The molecule has 1 aliphatic carbocycles. The second-order valence-corrected chi connectivity index (χ2v) is 12.5. The number of imidazole rings is 1. The number of carbonyl (C=O) groups excluding carboxylic acids is 3. The predicted molar refractivity (Wildman–Crippen MR) is 185 cm³/mol. The number of hydrogen-bond donors (Lipinski definition) is 4. The number of rotatable bonds is 21. The third kappa shape index (κ3) is 13.9. The zero-order valence-electron chi connectivity index (χ0n) is 28.4. The molecule has 1 saturated carbocycles. The smallest absolute Gasteiger partial charge is 0.326 e. The van der Waals surface area contributed by atoms with E-state index in [4.69, 9.17) is 10.5 Å². The van der Waals surface area contributed by atoms with Crippen molar-refractivity contribution >= 4 is 23.8 Å². The maximum atomic E-state index is 13.0. The highest BCUT2D eigenvalue weighted by Gasteiger charge is 2.36. The van der Waals surface area contributed by atoms with Gasteiger partial charge >= 0.3 is 11.9 Å². The molecule has 2 aromatic rings. The molecule has 11 nitrogen and oxygen atoms in total. The Morgan fingerprint density at radius 2 is 1.85 bits per heavy atom. The molecule has 1 aromatic carbocycles. The third-order valence-corrected chi connectivity index (χ3v) is 8.57. The number of nitrogens with two attached hydrogens (primary N) is 1. The molecule has 48 heavy (non-hydrogen) atoms. The van der Waals surface area contributed by atoms with Gasteiger partial charge in [0, 0.05) is 38.0 Å². The van der Waals surface area contributed by atoms with E-state index in [0.717, 1.165) is 51.4 Å². The molecule has 2 unspecified atom stereocenters. The number of carboxylic acids is 1. The van der Waals surface area contributed by atoms with E-state index in [1.807, 2.05) is 13.0 Å². The second kappa shape index (κ2) is 20.9. The largest absolute Gasteiger partial charge is 0.480 e. The molecule has 5 N–H and O–H groups in total. The van der Waals surface area contributed by atoms with Crippen molar-refractivity contribution in [2.45, 2.75) is 109 Å². The lowest BCUT2D eigenvalue weighted by Crippen LogP contribution is -2.48. The number of unbranched alkanes of at least 4 members (excludes halogenated alkanes) is 2. The average molecular weight is 664 g/mol. The van der Waals surface area contributed by atoms with Crippen molar-refractivity contribution in [3.8, 4) is 0 Å².